The number of piperazine rings is 1. The van der Waals surface area contributed by atoms with Crippen LogP contribution < -0.4 is 4.74 Å². The van der Waals surface area contributed by atoms with E-state index in [2.05, 4.69) is 20.1 Å². The summed E-state index contributed by atoms with van der Waals surface area (Å²) in [6.45, 7) is 4.74. The number of ether oxygens (including phenoxy) is 1. The number of aromatic nitrogens is 3. The molecule has 0 unspecified atom stereocenters. The Morgan fingerprint density at radius 2 is 2.00 bits per heavy atom. The Hall–Kier alpha value is -2.94. The van der Waals surface area contributed by atoms with Gasteiger partial charge in [-0.15, -0.1) is 0 Å². The first kappa shape index (κ1) is 17.9. The Morgan fingerprint density at radius 1 is 1.27 bits per heavy atom. The lowest BCUT2D eigenvalue weighted by Crippen LogP contribution is -2.48. The fourth-order valence-electron chi connectivity index (χ4n) is 2.80. The molecule has 0 saturated carbocycles. The molecule has 1 fully saturated rings. The maximum Gasteiger partial charge on any atom is 0.344 e. The molecule has 2 N–H and O–H groups in total. The molecule has 9 heteroatoms. The van der Waals surface area contributed by atoms with E-state index >= 15 is 0 Å². The molecule has 0 bridgehead atoms. The third-order valence-corrected chi connectivity index (χ3v) is 4.30. The van der Waals surface area contributed by atoms with Crippen molar-refractivity contribution in [2.24, 2.45) is 0 Å². The summed E-state index contributed by atoms with van der Waals surface area (Å²) in [5.74, 6) is -0.331. The number of rotatable bonds is 6. The van der Waals surface area contributed by atoms with Crippen LogP contribution >= 0.6 is 0 Å². The van der Waals surface area contributed by atoms with E-state index in [1.165, 1.54) is 13.3 Å². The topological polar surface area (TPSA) is 112 Å². The lowest BCUT2D eigenvalue weighted by molar-refractivity contribution is -0.144. The molecule has 0 spiro atoms. The Bertz CT molecular complexity index is 756. The predicted octanol–water partition coefficient (Wildman–Crippen LogP) is 0.615. The first-order valence-electron chi connectivity index (χ1n) is 8.39. The van der Waals surface area contributed by atoms with Crippen molar-refractivity contribution in [1.82, 2.24) is 25.0 Å². The number of hydrogen-bond acceptors (Lipinski definition) is 6. The van der Waals surface area contributed by atoms with Crippen LogP contribution in [0.5, 0.6) is 5.75 Å². The van der Waals surface area contributed by atoms with Crippen molar-refractivity contribution >= 4 is 11.9 Å². The van der Waals surface area contributed by atoms with Gasteiger partial charge in [-0.05, 0) is 13.0 Å². The second kappa shape index (κ2) is 7.96. The summed E-state index contributed by atoms with van der Waals surface area (Å²) in [5, 5.41) is 15.3. The lowest BCUT2D eigenvalue weighted by Gasteiger charge is -2.34. The summed E-state index contributed by atoms with van der Waals surface area (Å²) >= 11 is 0. The van der Waals surface area contributed by atoms with Crippen LogP contribution in [-0.2, 0) is 11.3 Å². The van der Waals surface area contributed by atoms with Crippen LogP contribution in [0, 0.1) is 0 Å². The minimum absolute atomic E-state index is 0.152. The molecule has 26 heavy (non-hydrogen) atoms. The molecule has 3 rings (SSSR count). The second-order valence-corrected chi connectivity index (χ2v) is 6.11. The minimum Gasteiger partial charge on any atom is -0.479 e. The van der Waals surface area contributed by atoms with Crippen molar-refractivity contribution in [3.05, 3.63) is 42.0 Å². The van der Waals surface area contributed by atoms with Gasteiger partial charge in [0.15, 0.2) is 6.10 Å². The summed E-state index contributed by atoms with van der Waals surface area (Å²) in [4.78, 5) is 31.1. The molecule has 138 valence electrons. The number of benzene rings is 1. The third-order valence-electron chi connectivity index (χ3n) is 4.30. The third kappa shape index (κ3) is 4.17. The maximum absolute atomic E-state index is 12.3. The zero-order valence-electron chi connectivity index (χ0n) is 14.5. The van der Waals surface area contributed by atoms with E-state index in [0.717, 1.165) is 5.56 Å². The van der Waals surface area contributed by atoms with E-state index in [-0.39, 0.29) is 11.7 Å². The van der Waals surface area contributed by atoms with Crippen LogP contribution in [0.25, 0.3) is 0 Å². The quantitative estimate of drug-likeness (QED) is 0.777. The van der Waals surface area contributed by atoms with Gasteiger partial charge in [0, 0.05) is 38.3 Å². The SMILES string of the molecule is C[C@@H](Oc1ccccc1CN1CCN(C(=O)c2ncn[nH]2)CC1)C(=O)O. The Balaban J connectivity index is 1.58. The number of amides is 1. The highest BCUT2D eigenvalue weighted by atomic mass is 16.5. The molecule has 0 radical (unpaired) electrons. The van der Waals surface area contributed by atoms with E-state index in [4.69, 9.17) is 9.84 Å². The molecule has 0 aliphatic carbocycles. The summed E-state index contributed by atoms with van der Waals surface area (Å²) in [6.07, 6.45) is 0.408. The number of para-hydroxylation sites is 1. The van der Waals surface area contributed by atoms with Crippen molar-refractivity contribution in [2.75, 3.05) is 26.2 Å². The van der Waals surface area contributed by atoms with E-state index in [0.29, 0.717) is 38.5 Å². The van der Waals surface area contributed by atoms with Crippen LogP contribution in [-0.4, -0.2) is 74.2 Å². The number of hydrogen-bond donors (Lipinski definition) is 2. The van der Waals surface area contributed by atoms with Crippen LogP contribution in [0.4, 0.5) is 0 Å². The molecule has 1 amide bonds. The van der Waals surface area contributed by atoms with Gasteiger partial charge in [0.05, 0.1) is 0 Å². The van der Waals surface area contributed by atoms with Gasteiger partial charge in [0.25, 0.3) is 5.91 Å². The second-order valence-electron chi connectivity index (χ2n) is 6.11. The number of nitrogens with zero attached hydrogens (tertiary/aromatic N) is 4. The molecule has 1 aromatic carbocycles. The number of H-pyrrole nitrogens is 1. The van der Waals surface area contributed by atoms with Gasteiger partial charge in [-0.3, -0.25) is 14.8 Å². The van der Waals surface area contributed by atoms with Crippen LogP contribution in [0.1, 0.15) is 23.1 Å². The van der Waals surface area contributed by atoms with Gasteiger partial charge in [0.2, 0.25) is 5.82 Å². The number of carbonyl (C=O) groups is 2. The summed E-state index contributed by atoms with van der Waals surface area (Å²) in [7, 11) is 0. The predicted molar refractivity (Wildman–Crippen MR) is 91.7 cm³/mol. The average Bonchev–Trinajstić information content (AvgIpc) is 3.18. The van der Waals surface area contributed by atoms with Gasteiger partial charge in [-0.25, -0.2) is 9.78 Å². The Morgan fingerprint density at radius 3 is 2.65 bits per heavy atom. The smallest absolute Gasteiger partial charge is 0.344 e. The van der Waals surface area contributed by atoms with Gasteiger partial charge >= 0.3 is 5.97 Å². The summed E-state index contributed by atoms with van der Waals surface area (Å²) in [6, 6.07) is 7.42. The van der Waals surface area contributed by atoms with E-state index < -0.39 is 12.1 Å². The first-order valence-corrected chi connectivity index (χ1v) is 8.39. The highest BCUT2D eigenvalue weighted by Crippen LogP contribution is 2.22. The summed E-state index contributed by atoms with van der Waals surface area (Å²) < 4.78 is 5.55. The Labute approximate surface area is 150 Å². The monoisotopic (exact) mass is 359 g/mol. The van der Waals surface area contributed by atoms with Gasteiger partial charge < -0.3 is 14.7 Å². The maximum atomic E-state index is 12.3. The summed E-state index contributed by atoms with van der Waals surface area (Å²) in [5.41, 5.74) is 0.926. The molecule has 2 heterocycles. The van der Waals surface area contributed by atoms with E-state index in [9.17, 15) is 9.59 Å². The Kier molecular flexibility index (Phi) is 5.47. The normalized spacial score (nSPS) is 16.3. The zero-order chi connectivity index (χ0) is 18.5. The molecule has 9 nitrogen and oxygen atoms in total. The average molecular weight is 359 g/mol. The molecular formula is C17H21N5O4. The van der Waals surface area contributed by atoms with Crippen molar-refractivity contribution in [3.63, 3.8) is 0 Å². The van der Waals surface area contributed by atoms with Crippen molar-refractivity contribution in [2.45, 2.75) is 19.6 Å². The van der Waals surface area contributed by atoms with Crippen LogP contribution in [0.2, 0.25) is 0 Å². The van der Waals surface area contributed by atoms with Crippen LogP contribution in [0.3, 0.4) is 0 Å². The molecule has 1 aliphatic heterocycles. The van der Waals surface area contributed by atoms with Crippen molar-refractivity contribution < 1.29 is 19.4 Å². The number of aromatic amines is 1. The largest absolute Gasteiger partial charge is 0.479 e. The zero-order valence-corrected chi connectivity index (χ0v) is 14.5. The minimum atomic E-state index is -1.00. The van der Waals surface area contributed by atoms with Gasteiger partial charge in [0.1, 0.15) is 12.1 Å². The van der Waals surface area contributed by atoms with Crippen LogP contribution in [0.15, 0.2) is 30.6 Å². The first-order chi connectivity index (χ1) is 12.5. The molecular weight excluding hydrogens is 338 g/mol. The number of aliphatic carboxylic acids is 1. The van der Waals surface area contributed by atoms with Gasteiger partial charge in [-0.1, -0.05) is 18.2 Å². The molecule has 1 atom stereocenters. The highest BCUT2D eigenvalue weighted by molar-refractivity contribution is 5.90. The fraction of sp³-hybridized carbons (Fsp3) is 0.412. The van der Waals surface area contributed by atoms with Gasteiger partial charge in [-0.2, -0.15) is 5.10 Å². The lowest BCUT2D eigenvalue weighted by atomic mass is 10.1. The molecule has 1 aromatic heterocycles. The molecule has 1 aliphatic rings. The molecule has 1 saturated heterocycles. The van der Waals surface area contributed by atoms with Crippen molar-refractivity contribution in [1.29, 1.82) is 0 Å². The fourth-order valence-corrected chi connectivity index (χ4v) is 2.80. The molecule has 2 aromatic rings. The number of carbonyl (C=O) groups excluding carboxylic acids is 1. The van der Waals surface area contributed by atoms with E-state index in [1.807, 2.05) is 18.2 Å². The highest BCUT2D eigenvalue weighted by Gasteiger charge is 2.24. The van der Waals surface area contributed by atoms with Crippen molar-refractivity contribution in [3.8, 4) is 5.75 Å². The van der Waals surface area contributed by atoms with E-state index in [1.54, 1.807) is 11.0 Å². The number of nitrogens with one attached hydrogen (secondary N) is 1. The number of carboxylic acid groups (broad SMARTS) is 1. The number of carboxylic acids is 1. The standard InChI is InChI=1S/C17H21N5O4/c1-12(17(24)25)26-14-5-3-2-4-13(14)10-21-6-8-22(9-7-21)16(23)15-18-11-19-20-15/h2-5,11-12H,6-10H2,1H3,(H,24,25)(H,18,19,20)/t12-/m1/s1.